The first-order valence-corrected chi connectivity index (χ1v) is 3.24. The molecule has 4 nitrogen and oxygen atoms in total. The lowest BCUT2D eigenvalue weighted by Gasteiger charge is -2.05. The van der Waals surface area contributed by atoms with E-state index in [0.717, 1.165) is 0 Å². The first kappa shape index (κ1) is 9.81. The van der Waals surface area contributed by atoms with Crippen molar-refractivity contribution in [2.24, 2.45) is 11.7 Å². The number of carbonyl (C=O) groups excluding carboxylic acids is 3. The molecule has 62 valence electrons. The van der Waals surface area contributed by atoms with Crippen LogP contribution >= 0.6 is 0 Å². The number of Topliss-reactive ketones (excluding diaryl/α,β-unsaturated/α-hetero) is 2. The third-order valence-corrected chi connectivity index (χ3v) is 1.39. The van der Waals surface area contributed by atoms with Gasteiger partial charge in [-0.3, -0.25) is 14.4 Å². The molecule has 2 N–H and O–H groups in total. The van der Waals surface area contributed by atoms with Gasteiger partial charge >= 0.3 is 0 Å². The van der Waals surface area contributed by atoms with Crippen LogP contribution in [0.4, 0.5) is 0 Å². The van der Waals surface area contributed by atoms with Crippen molar-refractivity contribution in [2.75, 3.05) is 0 Å². The predicted molar refractivity (Wildman–Crippen MR) is 38.7 cm³/mol. The van der Waals surface area contributed by atoms with Gasteiger partial charge in [-0.1, -0.05) is 0 Å². The molecule has 0 aromatic heterocycles. The molecule has 0 saturated heterocycles. The molecule has 0 aromatic rings. The zero-order valence-corrected chi connectivity index (χ0v) is 6.59. The maximum atomic E-state index is 10.7. The van der Waals surface area contributed by atoms with Gasteiger partial charge in [0.05, 0.1) is 5.92 Å². The lowest BCUT2D eigenvalue weighted by Crippen LogP contribution is -2.26. The van der Waals surface area contributed by atoms with Gasteiger partial charge in [-0.2, -0.15) is 0 Å². The number of carbonyl (C=O) groups is 3. The molecule has 1 amide bonds. The second-order valence-electron chi connectivity index (χ2n) is 2.44. The highest BCUT2D eigenvalue weighted by molar-refractivity contribution is 6.03. The van der Waals surface area contributed by atoms with Gasteiger partial charge in [-0.05, 0) is 13.8 Å². The lowest BCUT2D eigenvalue weighted by molar-refractivity contribution is -0.134. The molecule has 0 aromatic carbocycles. The van der Waals surface area contributed by atoms with E-state index < -0.39 is 11.8 Å². The molecular weight excluding hydrogens is 146 g/mol. The number of hydrogen-bond acceptors (Lipinski definition) is 3. The fraction of sp³-hybridized carbons (Fsp3) is 0.571. The average Bonchev–Trinajstić information content (AvgIpc) is 1.81. The Morgan fingerprint density at radius 3 is 1.64 bits per heavy atom. The minimum Gasteiger partial charge on any atom is -0.370 e. The Bertz CT molecular complexity index is 184. The summed E-state index contributed by atoms with van der Waals surface area (Å²) in [4.78, 5) is 31.7. The van der Waals surface area contributed by atoms with Crippen molar-refractivity contribution in [3.8, 4) is 0 Å². The van der Waals surface area contributed by atoms with E-state index in [1.54, 1.807) is 0 Å². The quantitative estimate of drug-likeness (QED) is 0.567. The van der Waals surface area contributed by atoms with Gasteiger partial charge in [0.1, 0.15) is 11.6 Å². The van der Waals surface area contributed by atoms with E-state index in [1.807, 2.05) is 0 Å². The molecule has 0 fully saturated rings. The van der Waals surface area contributed by atoms with E-state index in [0.29, 0.717) is 0 Å². The number of primary amides is 1. The van der Waals surface area contributed by atoms with E-state index in [1.165, 1.54) is 13.8 Å². The van der Waals surface area contributed by atoms with Crippen molar-refractivity contribution in [3.63, 3.8) is 0 Å². The van der Waals surface area contributed by atoms with Gasteiger partial charge in [-0.25, -0.2) is 0 Å². The molecule has 0 spiro atoms. The topological polar surface area (TPSA) is 77.2 Å². The van der Waals surface area contributed by atoms with E-state index in [2.05, 4.69) is 0 Å². The molecule has 0 aliphatic heterocycles. The summed E-state index contributed by atoms with van der Waals surface area (Å²) >= 11 is 0. The first-order chi connectivity index (χ1) is 4.95. The summed E-state index contributed by atoms with van der Waals surface area (Å²) in [5.74, 6) is -2.08. The summed E-state index contributed by atoms with van der Waals surface area (Å²) in [5.41, 5.74) is 4.83. The van der Waals surface area contributed by atoms with Gasteiger partial charge in [0.25, 0.3) is 0 Å². The van der Waals surface area contributed by atoms with Gasteiger partial charge in [0.15, 0.2) is 0 Å². The first-order valence-electron chi connectivity index (χ1n) is 3.24. The van der Waals surface area contributed by atoms with E-state index in [9.17, 15) is 14.4 Å². The Kier molecular flexibility index (Phi) is 3.44. The second kappa shape index (κ2) is 3.85. The number of ketones is 2. The molecule has 0 unspecified atom stereocenters. The van der Waals surface area contributed by atoms with E-state index in [4.69, 9.17) is 5.73 Å². The van der Waals surface area contributed by atoms with Crippen LogP contribution in [-0.4, -0.2) is 17.5 Å². The fourth-order valence-corrected chi connectivity index (χ4v) is 0.775. The van der Waals surface area contributed by atoms with Gasteiger partial charge in [0, 0.05) is 6.42 Å². The summed E-state index contributed by atoms with van der Waals surface area (Å²) in [6.45, 7) is 2.55. The zero-order chi connectivity index (χ0) is 9.02. The van der Waals surface area contributed by atoms with Gasteiger partial charge in [-0.15, -0.1) is 0 Å². The number of nitrogens with two attached hydrogens (primary N) is 1. The van der Waals surface area contributed by atoms with Crippen molar-refractivity contribution in [2.45, 2.75) is 20.3 Å². The average molecular weight is 157 g/mol. The minimum absolute atomic E-state index is 0.176. The molecule has 0 rings (SSSR count). The fourth-order valence-electron chi connectivity index (χ4n) is 0.775. The largest absolute Gasteiger partial charge is 0.370 e. The minimum atomic E-state index is -0.840. The Balaban J connectivity index is 4.23. The predicted octanol–water partition coefficient (Wildman–Crippen LogP) is -0.344. The Morgan fingerprint density at radius 2 is 1.55 bits per heavy atom. The maximum Gasteiger partial charge on any atom is 0.218 e. The maximum absolute atomic E-state index is 10.7. The van der Waals surface area contributed by atoms with Crippen LogP contribution in [0, 0.1) is 5.92 Å². The van der Waals surface area contributed by atoms with Crippen molar-refractivity contribution >= 4 is 17.5 Å². The molecule has 0 aliphatic rings. The van der Waals surface area contributed by atoms with Crippen LogP contribution < -0.4 is 5.73 Å². The van der Waals surface area contributed by atoms with Crippen LogP contribution in [0.2, 0.25) is 0 Å². The smallest absolute Gasteiger partial charge is 0.218 e. The molecular formula is C7H11NO3. The van der Waals surface area contributed by atoms with Gasteiger partial charge < -0.3 is 5.73 Å². The van der Waals surface area contributed by atoms with Crippen molar-refractivity contribution < 1.29 is 14.4 Å². The van der Waals surface area contributed by atoms with Crippen LogP contribution in [0.5, 0.6) is 0 Å². The van der Waals surface area contributed by atoms with Crippen molar-refractivity contribution in [1.29, 1.82) is 0 Å². The monoisotopic (exact) mass is 157 g/mol. The lowest BCUT2D eigenvalue weighted by atomic mass is 9.97. The second-order valence-corrected chi connectivity index (χ2v) is 2.44. The van der Waals surface area contributed by atoms with Crippen LogP contribution in [-0.2, 0) is 14.4 Å². The van der Waals surface area contributed by atoms with Crippen molar-refractivity contribution in [3.05, 3.63) is 0 Å². The number of rotatable bonds is 4. The normalized spacial score (nSPS) is 9.73. The highest BCUT2D eigenvalue weighted by atomic mass is 16.2. The molecule has 0 radical (unpaired) electrons. The molecule has 4 heteroatoms. The highest BCUT2D eigenvalue weighted by Crippen LogP contribution is 2.04. The molecule has 0 heterocycles. The number of hydrogen-bond donors (Lipinski definition) is 1. The van der Waals surface area contributed by atoms with Crippen LogP contribution in [0.1, 0.15) is 20.3 Å². The molecule has 0 bridgehead atoms. The Morgan fingerprint density at radius 1 is 1.18 bits per heavy atom. The molecule has 11 heavy (non-hydrogen) atoms. The summed E-state index contributed by atoms with van der Waals surface area (Å²) in [6, 6.07) is 0. The highest BCUT2D eigenvalue weighted by Gasteiger charge is 2.21. The molecule has 0 atom stereocenters. The SMILES string of the molecule is CC(=O)C(CC(N)=O)C(C)=O. The number of amides is 1. The van der Waals surface area contributed by atoms with E-state index in [-0.39, 0.29) is 18.0 Å². The Hall–Kier alpha value is -1.19. The zero-order valence-electron chi connectivity index (χ0n) is 6.59. The van der Waals surface area contributed by atoms with Crippen LogP contribution in [0.15, 0.2) is 0 Å². The van der Waals surface area contributed by atoms with Crippen molar-refractivity contribution in [1.82, 2.24) is 0 Å². The summed E-state index contributed by atoms with van der Waals surface area (Å²) in [7, 11) is 0. The summed E-state index contributed by atoms with van der Waals surface area (Å²) in [5, 5.41) is 0. The molecule has 0 saturated carbocycles. The third kappa shape index (κ3) is 3.50. The Labute approximate surface area is 64.8 Å². The standard InChI is InChI=1S/C7H11NO3/c1-4(9)6(5(2)10)3-7(8)11/h6H,3H2,1-2H3,(H2,8,11). The van der Waals surface area contributed by atoms with Crippen LogP contribution in [0.3, 0.4) is 0 Å². The summed E-state index contributed by atoms with van der Waals surface area (Å²) in [6.07, 6.45) is -0.176. The van der Waals surface area contributed by atoms with Gasteiger partial charge in [0.2, 0.25) is 5.91 Å². The third-order valence-electron chi connectivity index (χ3n) is 1.39. The summed E-state index contributed by atoms with van der Waals surface area (Å²) < 4.78 is 0. The van der Waals surface area contributed by atoms with E-state index >= 15 is 0 Å². The van der Waals surface area contributed by atoms with Crippen LogP contribution in [0.25, 0.3) is 0 Å². The molecule has 0 aliphatic carbocycles.